The van der Waals surface area contributed by atoms with Crippen LogP contribution in [0.25, 0.3) is 0 Å². The molecule has 0 spiro atoms. The Hall–Kier alpha value is -1.52. The van der Waals surface area contributed by atoms with Crippen LogP contribution in [0.3, 0.4) is 0 Å². The highest BCUT2D eigenvalue weighted by atomic mass is 35.5. The maximum Gasteiger partial charge on any atom is 0.252 e. The van der Waals surface area contributed by atoms with Crippen LogP contribution in [0.15, 0.2) is 24.4 Å². The van der Waals surface area contributed by atoms with E-state index in [4.69, 9.17) is 23.2 Å². The Bertz CT molecular complexity index is 595. The predicted octanol–water partition coefficient (Wildman–Crippen LogP) is 3.00. The topological polar surface area (TPSA) is 57.8 Å². The molecule has 0 unspecified atom stereocenters. The molecule has 1 aromatic carbocycles. The highest BCUT2D eigenvalue weighted by molar-refractivity contribution is 6.36. The molecule has 0 aliphatic rings. The van der Waals surface area contributed by atoms with Crippen molar-refractivity contribution in [2.75, 3.05) is 6.54 Å². The molecule has 1 aromatic heterocycles. The maximum absolute atomic E-state index is 11.9. The van der Waals surface area contributed by atoms with E-state index in [1.807, 2.05) is 6.92 Å². The van der Waals surface area contributed by atoms with E-state index >= 15 is 0 Å². The molecular formula is C13H13Cl2N3O. The van der Waals surface area contributed by atoms with Gasteiger partial charge in [0.1, 0.15) is 5.82 Å². The predicted molar refractivity (Wildman–Crippen MR) is 75.8 cm³/mol. The van der Waals surface area contributed by atoms with E-state index in [0.29, 0.717) is 28.6 Å². The van der Waals surface area contributed by atoms with E-state index in [0.717, 1.165) is 11.5 Å². The number of aromatic amines is 1. The van der Waals surface area contributed by atoms with Crippen LogP contribution in [-0.2, 0) is 6.42 Å². The first-order valence-electron chi connectivity index (χ1n) is 5.80. The first-order valence-corrected chi connectivity index (χ1v) is 6.55. The van der Waals surface area contributed by atoms with Gasteiger partial charge in [-0.2, -0.15) is 0 Å². The fraction of sp³-hybridized carbons (Fsp3) is 0.231. The Labute approximate surface area is 121 Å². The normalized spacial score (nSPS) is 10.5. The van der Waals surface area contributed by atoms with E-state index < -0.39 is 0 Å². The molecule has 4 nitrogen and oxygen atoms in total. The van der Waals surface area contributed by atoms with E-state index in [9.17, 15) is 4.79 Å². The molecule has 1 amide bonds. The number of halogens is 2. The van der Waals surface area contributed by atoms with Crippen LogP contribution in [0.4, 0.5) is 0 Å². The summed E-state index contributed by atoms with van der Waals surface area (Å²) in [6, 6.07) is 4.80. The smallest absolute Gasteiger partial charge is 0.252 e. The number of nitrogens with zero attached hydrogens (tertiary/aromatic N) is 1. The Morgan fingerprint density at radius 3 is 2.84 bits per heavy atom. The number of hydrogen-bond acceptors (Lipinski definition) is 2. The van der Waals surface area contributed by atoms with Gasteiger partial charge >= 0.3 is 0 Å². The standard InChI is InChI=1S/C13H13Cl2N3O/c1-8-17-7-10(18-8)4-5-16-13(19)11-3-2-9(14)6-12(11)15/h2-3,6-7H,4-5H2,1H3,(H,16,19)(H,17,18). The van der Waals surface area contributed by atoms with E-state index in [1.165, 1.54) is 0 Å². The quantitative estimate of drug-likeness (QED) is 0.911. The summed E-state index contributed by atoms with van der Waals surface area (Å²) in [5.74, 6) is 0.653. The van der Waals surface area contributed by atoms with Crippen LogP contribution in [0, 0.1) is 6.92 Å². The van der Waals surface area contributed by atoms with Gasteiger partial charge in [-0.25, -0.2) is 4.98 Å². The second-order valence-electron chi connectivity index (χ2n) is 4.12. The molecule has 0 atom stereocenters. The summed E-state index contributed by atoms with van der Waals surface area (Å²) in [6.45, 7) is 2.40. The van der Waals surface area contributed by atoms with E-state index in [1.54, 1.807) is 24.4 Å². The van der Waals surface area contributed by atoms with E-state index in [-0.39, 0.29) is 5.91 Å². The number of aromatic nitrogens is 2. The van der Waals surface area contributed by atoms with Crippen molar-refractivity contribution in [3.63, 3.8) is 0 Å². The zero-order chi connectivity index (χ0) is 13.8. The number of aryl methyl sites for hydroxylation is 1. The Morgan fingerprint density at radius 2 is 2.21 bits per heavy atom. The van der Waals surface area contributed by atoms with Crippen LogP contribution in [0.1, 0.15) is 21.9 Å². The minimum atomic E-state index is -0.210. The summed E-state index contributed by atoms with van der Waals surface area (Å²) in [5.41, 5.74) is 1.41. The van der Waals surface area contributed by atoms with Crippen LogP contribution in [-0.4, -0.2) is 22.4 Å². The van der Waals surface area contributed by atoms with Gasteiger partial charge in [-0.15, -0.1) is 0 Å². The van der Waals surface area contributed by atoms with Crippen LogP contribution < -0.4 is 5.32 Å². The van der Waals surface area contributed by atoms with Crippen molar-refractivity contribution in [1.29, 1.82) is 0 Å². The average molecular weight is 298 g/mol. The van der Waals surface area contributed by atoms with Crippen molar-refractivity contribution in [3.8, 4) is 0 Å². The summed E-state index contributed by atoms with van der Waals surface area (Å²) >= 11 is 11.7. The summed E-state index contributed by atoms with van der Waals surface area (Å²) in [7, 11) is 0. The number of imidazole rings is 1. The van der Waals surface area contributed by atoms with Gasteiger partial charge in [0.2, 0.25) is 0 Å². The van der Waals surface area contributed by atoms with Gasteiger partial charge in [0, 0.05) is 29.9 Å². The molecule has 0 aliphatic heterocycles. The molecule has 19 heavy (non-hydrogen) atoms. The number of carbonyl (C=O) groups excluding carboxylic acids is 1. The molecule has 0 fully saturated rings. The number of carbonyl (C=O) groups is 1. The number of benzene rings is 1. The number of hydrogen-bond donors (Lipinski definition) is 2. The number of nitrogens with one attached hydrogen (secondary N) is 2. The maximum atomic E-state index is 11.9. The molecule has 0 saturated carbocycles. The zero-order valence-corrected chi connectivity index (χ0v) is 11.8. The first kappa shape index (κ1) is 13.9. The van der Waals surface area contributed by atoms with Gasteiger partial charge in [0.15, 0.2) is 0 Å². The molecule has 2 N–H and O–H groups in total. The van der Waals surface area contributed by atoms with Gasteiger partial charge in [-0.05, 0) is 25.1 Å². The molecule has 2 rings (SSSR count). The largest absolute Gasteiger partial charge is 0.352 e. The third kappa shape index (κ3) is 3.72. The lowest BCUT2D eigenvalue weighted by atomic mass is 10.2. The molecular weight excluding hydrogens is 285 g/mol. The summed E-state index contributed by atoms with van der Waals surface area (Å²) in [6.07, 6.45) is 2.45. The first-order chi connectivity index (χ1) is 9.06. The molecule has 1 heterocycles. The summed E-state index contributed by atoms with van der Waals surface area (Å²) < 4.78 is 0. The van der Waals surface area contributed by atoms with E-state index in [2.05, 4.69) is 15.3 Å². The molecule has 0 radical (unpaired) electrons. The fourth-order valence-corrected chi connectivity index (χ4v) is 2.17. The Balaban J connectivity index is 1.90. The lowest BCUT2D eigenvalue weighted by Crippen LogP contribution is -2.26. The second-order valence-corrected chi connectivity index (χ2v) is 4.97. The van der Waals surface area contributed by atoms with Crippen molar-refractivity contribution in [2.45, 2.75) is 13.3 Å². The zero-order valence-electron chi connectivity index (χ0n) is 10.3. The average Bonchev–Trinajstić information content (AvgIpc) is 2.75. The highest BCUT2D eigenvalue weighted by Gasteiger charge is 2.10. The van der Waals surface area contributed by atoms with Crippen LogP contribution in [0.2, 0.25) is 10.0 Å². The van der Waals surface area contributed by atoms with Gasteiger partial charge in [0.05, 0.1) is 10.6 Å². The van der Waals surface area contributed by atoms with Crippen molar-refractivity contribution in [2.24, 2.45) is 0 Å². The van der Waals surface area contributed by atoms with Crippen molar-refractivity contribution >= 4 is 29.1 Å². The van der Waals surface area contributed by atoms with Crippen molar-refractivity contribution in [1.82, 2.24) is 15.3 Å². The van der Waals surface area contributed by atoms with Crippen LogP contribution in [0.5, 0.6) is 0 Å². The van der Waals surface area contributed by atoms with Crippen molar-refractivity contribution in [3.05, 3.63) is 51.5 Å². The Morgan fingerprint density at radius 1 is 1.42 bits per heavy atom. The van der Waals surface area contributed by atoms with Gasteiger partial charge in [-0.3, -0.25) is 4.79 Å². The Kier molecular flexibility index (Phi) is 4.45. The molecule has 0 aliphatic carbocycles. The minimum Gasteiger partial charge on any atom is -0.352 e. The number of rotatable bonds is 4. The monoisotopic (exact) mass is 297 g/mol. The third-order valence-electron chi connectivity index (χ3n) is 2.61. The van der Waals surface area contributed by atoms with Gasteiger partial charge in [-0.1, -0.05) is 23.2 Å². The number of H-pyrrole nitrogens is 1. The fourth-order valence-electron chi connectivity index (χ4n) is 1.68. The lowest BCUT2D eigenvalue weighted by molar-refractivity contribution is 0.0954. The summed E-state index contributed by atoms with van der Waals surface area (Å²) in [4.78, 5) is 19.1. The van der Waals surface area contributed by atoms with Gasteiger partial charge in [0.25, 0.3) is 5.91 Å². The molecule has 0 bridgehead atoms. The molecule has 0 saturated heterocycles. The lowest BCUT2D eigenvalue weighted by Gasteiger charge is -2.06. The minimum absolute atomic E-state index is 0.210. The SMILES string of the molecule is Cc1ncc(CCNC(=O)c2ccc(Cl)cc2Cl)[nH]1. The molecule has 2 aromatic rings. The van der Waals surface area contributed by atoms with Crippen LogP contribution >= 0.6 is 23.2 Å². The highest BCUT2D eigenvalue weighted by Crippen LogP contribution is 2.20. The third-order valence-corrected chi connectivity index (χ3v) is 3.16. The molecule has 6 heteroatoms. The molecule has 100 valence electrons. The van der Waals surface area contributed by atoms with Crippen molar-refractivity contribution < 1.29 is 4.79 Å². The second kappa shape index (κ2) is 6.08. The van der Waals surface area contributed by atoms with Gasteiger partial charge < -0.3 is 10.3 Å². The summed E-state index contributed by atoms with van der Waals surface area (Å²) in [5, 5.41) is 3.66. The number of amides is 1.